The van der Waals surface area contributed by atoms with Crippen molar-refractivity contribution in [2.75, 3.05) is 19.6 Å². The summed E-state index contributed by atoms with van der Waals surface area (Å²) in [5.41, 5.74) is 23.2. The Bertz CT molecular complexity index is 1710. The lowest BCUT2D eigenvalue weighted by atomic mass is 9.95. The van der Waals surface area contributed by atoms with E-state index in [1.54, 1.807) is 48.5 Å². The van der Waals surface area contributed by atoms with Crippen LogP contribution in [0.2, 0.25) is 0 Å². The van der Waals surface area contributed by atoms with Gasteiger partial charge >= 0.3 is 5.97 Å². The topological polar surface area (TPSA) is 374 Å². The smallest absolute Gasteiger partial charge is 0.326 e. The first-order valence-corrected chi connectivity index (χ1v) is 26.2. The molecule has 72 heavy (non-hydrogen) atoms. The molecule has 0 unspecified atom stereocenters. The number of carboxylic acids is 1. The van der Waals surface area contributed by atoms with Crippen LogP contribution in [0, 0.1) is 35.5 Å². The highest BCUT2D eigenvalue weighted by molar-refractivity contribution is 5.98. The van der Waals surface area contributed by atoms with Crippen molar-refractivity contribution in [2.45, 2.75) is 208 Å². The van der Waals surface area contributed by atoms with Crippen molar-refractivity contribution in [2.24, 2.45) is 58.4 Å². The molecule has 0 aliphatic heterocycles. The van der Waals surface area contributed by atoms with Crippen LogP contribution in [-0.4, -0.2) is 132 Å². The summed E-state index contributed by atoms with van der Waals surface area (Å²) in [5.74, 6) is -8.36. The quantitative estimate of drug-likeness (QED) is 0.0375. The van der Waals surface area contributed by atoms with Crippen molar-refractivity contribution < 1.29 is 48.3 Å². The first-order chi connectivity index (χ1) is 33.7. The minimum Gasteiger partial charge on any atom is -0.480 e. The Labute approximate surface area is 429 Å². The number of carbonyl (C=O) groups excluding carboxylic acids is 8. The van der Waals surface area contributed by atoms with Crippen LogP contribution in [0.25, 0.3) is 0 Å². The van der Waals surface area contributed by atoms with Gasteiger partial charge in [0.2, 0.25) is 47.3 Å². The second kappa shape index (κ2) is 35.3. The first-order valence-electron chi connectivity index (χ1n) is 26.2. The Morgan fingerprint density at radius 1 is 0.389 bits per heavy atom. The van der Waals surface area contributed by atoms with Gasteiger partial charge in [-0.1, -0.05) is 89.5 Å². The molecule has 10 atom stereocenters. The number of carboxylic acid groups (broad SMARTS) is 1. The van der Waals surface area contributed by atoms with Crippen LogP contribution in [0.4, 0.5) is 0 Å². The maximum atomic E-state index is 14.2. The molecule has 416 valence electrons. The molecular formula is C50H96N12O10. The second-order valence-electron chi connectivity index (χ2n) is 21.0. The van der Waals surface area contributed by atoms with Crippen molar-refractivity contribution in [1.82, 2.24) is 42.5 Å². The molecule has 0 rings (SSSR count). The van der Waals surface area contributed by atoms with Gasteiger partial charge in [-0.3, -0.25) is 38.4 Å². The van der Waals surface area contributed by atoms with Gasteiger partial charge in [0, 0.05) is 0 Å². The molecule has 0 radical (unpaired) electrons. The number of nitrogens with two attached hydrogens (primary N) is 4. The first kappa shape index (κ1) is 67.1. The normalized spacial score (nSPS) is 15.8. The average Bonchev–Trinajstić information content (AvgIpc) is 3.29. The summed E-state index contributed by atoms with van der Waals surface area (Å²) in [5, 5.41) is 31.6. The number of amides is 8. The zero-order valence-corrected chi connectivity index (χ0v) is 45.5. The highest BCUT2D eigenvalue weighted by atomic mass is 16.4. The number of carbonyl (C=O) groups is 9. The number of hydrogen-bond donors (Lipinski definition) is 13. The van der Waals surface area contributed by atoms with Crippen LogP contribution < -0.4 is 65.5 Å². The van der Waals surface area contributed by atoms with Crippen molar-refractivity contribution in [3.05, 3.63) is 0 Å². The summed E-state index contributed by atoms with van der Waals surface area (Å²) in [6.45, 7) is 22.3. The van der Waals surface area contributed by atoms with Gasteiger partial charge in [0.25, 0.3) is 0 Å². The maximum Gasteiger partial charge on any atom is 0.326 e. The fourth-order valence-electron chi connectivity index (χ4n) is 7.80. The Morgan fingerprint density at radius 2 is 0.708 bits per heavy atom. The van der Waals surface area contributed by atoms with E-state index >= 15 is 0 Å². The third kappa shape index (κ3) is 25.1. The number of nitrogens with one attached hydrogen (secondary N) is 8. The van der Waals surface area contributed by atoms with Crippen LogP contribution in [0.15, 0.2) is 0 Å². The molecule has 0 aliphatic carbocycles. The van der Waals surface area contributed by atoms with Gasteiger partial charge in [-0.25, -0.2) is 4.79 Å². The molecule has 0 saturated heterocycles. The lowest BCUT2D eigenvalue weighted by molar-refractivity contribution is -0.142. The molecule has 0 heterocycles. The summed E-state index contributed by atoms with van der Waals surface area (Å²) < 4.78 is 0. The minimum absolute atomic E-state index is 0.0853. The van der Waals surface area contributed by atoms with Crippen molar-refractivity contribution in [3.8, 4) is 0 Å². The number of unbranched alkanes of at least 4 members (excludes halogenated alkanes) is 2. The number of rotatable bonds is 37. The van der Waals surface area contributed by atoms with Crippen LogP contribution in [0.3, 0.4) is 0 Å². The van der Waals surface area contributed by atoms with E-state index in [1.807, 2.05) is 34.6 Å². The summed E-state index contributed by atoms with van der Waals surface area (Å²) in [6.07, 6.45) is 3.88. The molecule has 17 N–H and O–H groups in total. The van der Waals surface area contributed by atoms with Crippen LogP contribution in [0.5, 0.6) is 0 Å². The van der Waals surface area contributed by atoms with Gasteiger partial charge < -0.3 is 70.6 Å². The zero-order chi connectivity index (χ0) is 55.4. The Hall–Kier alpha value is -4.93. The predicted octanol–water partition coefficient (Wildman–Crippen LogP) is 0.380. The van der Waals surface area contributed by atoms with Gasteiger partial charge in [-0.2, -0.15) is 0 Å². The number of aliphatic carboxylic acids is 1. The van der Waals surface area contributed by atoms with Gasteiger partial charge in [0.1, 0.15) is 48.3 Å². The van der Waals surface area contributed by atoms with Crippen LogP contribution in [0.1, 0.15) is 154 Å². The number of hydrogen-bond acceptors (Lipinski definition) is 13. The third-order valence-electron chi connectivity index (χ3n) is 12.4. The summed E-state index contributed by atoms with van der Waals surface area (Å²) in [6, 6.07) is -10.1. The molecule has 0 aliphatic rings. The molecule has 8 amide bonds. The lowest BCUT2D eigenvalue weighted by Crippen LogP contribution is -2.62. The van der Waals surface area contributed by atoms with E-state index in [-0.39, 0.29) is 44.1 Å². The van der Waals surface area contributed by atoms with E-state index < -0.39 is 131 Å². The summed E-state index contributed by atoms with van der Waals surface area (Å²) >= 11 is 0. The minimum atomic E-state index is -1.22. The largest absolute Gasteiger partial charge is 0.480 e. The van der Waals surface area contributed by atoms with E-state index in [0.717, 1.165) is 0 Å². The second-order valence-corrected chi connectivity index (χ2v) is 21.0. The van der Waals surface area contributed by atoms with E-state index in [0.29, 0.717) is 58.0 Å². The van der Waals surface area contributed by atoms with Crippen LogP contribution >= 0.6 is 0 Å². The molecule has 0 saturated carbocycles. The molecular weight excluding hydrogens is 929 g/mol. The molecule has 0 aromatic rings. The Balaban J connectivity index is 6.50. The van der Waals surface area contributed by atoms with Gasteiger partial charge in [-0.15, -0.1) is 0 Å². The highest BCUT2D eigenvalue weighted by Crippen LogP contribution is 2.15. The fourth-order valence-corrected chi connectivity index (χ4v) is 7.80. The summed E-state index contributed by atoms with van der Waals surface area (Å²) in [7, 11) is 0. The van der Waals surface area contributed by atoms with E-state index in [9.17, 15) is 48.3 Å². The molecule has 22 nitrogen and oxygen atoms in total. The van der Waals surface area contributed by atoms with Crippen molar-refractivity contribution in [3.63, 3.8) is 0 Å². The lowest BCUT2D eigenvalue weighted by Gasteiger charge is -2.31. The van der Waals surface area contributed by atoms with Gasteiger partial charge in [0.15, 0.2) is 0 Å². The third-order valence-corrected chi connectivity index (χ3v) is 12.4. The van der Waals surface area contributed by atoms with Crippen molar-refractivity contribution >= 4 is 53.2 Å². The highest BCUT2D eigenvalue weighted by Gasteiger charge is 2.38. The van der Waals surface area contributed by atoms with E-state index in [4.69, 9.17) is 22.9 Å². The monoisotopic (exact) mass is 1020 g/mol. The van der Waals surface area contributed by atoms with Crippen molar-refractivity contribution in [1.29, 1.82) is 0 Å². The van der Waals surface area contributed by atoms with Crippen LogP contribution in [-0.2, 0) is 43.2 Å². The molecule has 0 aromatic carbocycles. The zero-order valence-electron chi connectivity index (χ0n) is 45.5. The van der Waals surface area contributed by atoms with E-state index in [1.165, 1.54) is 0 Å². The molecule has 0 spiro atoms. The SMILES string of the molecule is CC[C@H](C)[C@H](NC(=O)[C@@H](CCCN)NC(=O)[C@@H](N)CC(C)C)C(=O)N[C@H](C(=O)N[C@H](C(=O)N[C@H](CCCCN)C(=O)N[C@H](C(=O)N[C@H](CC(C)C)C(=O)N[C@@H](CCCCN)C(=O)O)C(C)C)C(C)C)C(C)C. The average molecular weight is 1030 g/mol. The van der Waals surface area contributed by atoms with Gasteiger partial charge in [0.05, 0.1) is 6.04 Å². The predicted molar refractivity (Wildman–Crippen MR) is 278 cm³/mol. The van der Waals surface area contributed by atoms with Gasteiger partial charge in [-0.05, 0) is 119 Å². The Kier molecular flexibility index (Phi) is 32.8. The molecule has 22 heteroatoms. The molecule has 0 aromatic heterocycles. The van der Waals surface area contributed by atoms with E-state index in [2.05, 4.69) is 42.5 Å². The Morgan fingerprint density at radius 3 is 1.10 bits per heavy atom. The summed E-state index contributed by atoms with van der Waals surface area (Å²) in [4.78, 5) is 123. The molecule has 0 fully saturated rings. The maximum absolute atomic E-state index is 14.2. The molecule has 0 bridgehead atoms. The standard InChI is InChI=1S/C50H96N12O10/c1-13-32(12)41(62-44(65)35(21-18-24-53)55-42(63)33(54)25-27(2)3)49(70)61-40(31(10)11)48(69)60-39(30(8)9)46(67)56-34(19-14-16-22-51)43(64)59-38(29(6)7)47(68)58-37(26-28(4)5)45(66)57-36(50(71)72)20-15-17-23-52/h27-41H,13-26,51-54H2,1-12H3,(H,55,63)(H,56,67)(H,57,66)(H,58,68)(H,59,64)(H,60,69)(H,61,70)(H,62,65)(H,71,72)/t32-,33-,34+,35+,36-,37+,38-,39-,40-,41-/m0/s1. The fraction of sp³-hybridized carbons (Fsp3) is 0.820.